The van der Waals surface area contributed by atoms with Gasteiger partial charge in [-0.3, -0.25) is 0 Å². The lowest BCUT2D eigenvalue weighted by atomic mass is 9.84. The standard InChI is InChI=1S/C23H23NO5/c1-24-17(8-9-25)21-14(6-7-18(26-2)23(21)27-3)15-5-4-13-10-19-20(29-12-28-19)11-16(13)22(15)24/h4-7,10-11,17,25H,8-9,12H2,1-3H3/t17-/m1/s1. The second-order valence-corrected chi connectivity index (χ2v) is 7.29. The maximum Gasteiger partial charge on any atom is 0.231 e. The summed E-state index contributed by atoms with van der Waals surface area (Å²) in [6.07, 6.45) is 0.577. The van der Waals surface area contributed by atoms with Gasteiger partial charge in [-0.05, 0) is 41.6 Å². The summed E-state index contributed by atoms with van der Waals surface area (Å²) in [5.74, 6) is 2.94. The van der Waals surface area contributed by atoms with Crippen LogP contribution < -0.4 is 23.8 Å². The number of nitrogens with zero attached hydrogens (tertiary/aromatic N) is 1. The molecule has 0 radical (unpaired) electrons. The first-order valence-corrected chi connectivity index (χ1v) is 9.63. The number of ether oxygens (including phenoxy) is 4. The maximum absolute atomic E-state index is 9.80. The second-order valence-electron chi connectivity index (χ2n) is 7.29. The first-order valence-electron chi connectivity index (χ1n) is 9.63. The van der Waals surface area contributed by atoms with E-state index in [4.69, 9.17) is 18.9 Å². The van der Waals surface area contributed by atoms with Crippen LogP contribution in [0.2, 0.25) is 0 Å². The number of anilines is 1. The zero-order chi connectivity index (χ0) is 20.1. The summed E-state index contributed by atoms with van der Waals surface area (Å²) in [6.45, 7) is 0.317. The average Bonchev–Trinajstić information content (AvgIpc) is 3.20. The summed E-state index contributed by atoms with van der Waals surface area (Å²) in [5, 5.41) is 12.0. The Bertz CT molecular complexity index is 1110. The van der Waals surface area contributed by atoms with Gasteiger partial charge in [0.25, 0.3) is 0 Å². The summed E-state index contributed by atoms with van der Waals surface area (Å²) < 4.78 is 22.5. The number of aliphatic hydroxyl groups excluding tert-OH is 1. The molecule has 1 N–H and O–H groups in total. The highest BCUT2D eigenvalue weighted by Gasteiger charge is 2.34. The van der Waals surface area contributed by atoms with Crippen molar-refractivity contribution in [1.29, 1.82) is 0 Å². The van der Waals surface area contributed by atoms with E-state index in [0.717, 1.165) is 44.6 Å². The van der Waals surface area contributed by atoms with Gasteiger partial charge in [0.2, 0.25) is 6.79 Å². The van der Waals surface area contributed by atoms with Gasteiger partial charge in [0, 0.05) is 30.2 Å². The van der Waals surface area contributed by atoms with E-state index in [0.29, 0.717) is 17.9 Å². The fraction of sp³-hybridized carbons (Fsp3) is 0.304. The Morgan fingerprint density at radius 3 is 2.52 bits per heavy atom. The van der Waals surface area contributed by atoms with Crippen molar-refractivity contribution in [1.82, 2.24) is 0 Å². The van der Waals surface area contributed by atoms with Crippen LogP contribution in [0.1, 0.15) is 18.0 Å². The molecule has 2 aliphatic heterocycles. The fourth-order valence-corrected chi connectivity index (χ4v) is 4.62. The van der Waals surface area contributed by atoms with Crippen molar-refractivity contribution in [2.75, 3.05) is 39.6 Å². The van der Waals surface area contributed by atoms with Crippen LogP contribution in [0.4, 0.5) is 5.69 Å². The van der Waals surface area contributed by atoms with Gasteiger partial charge in [-0.15, -0.1) is 0 Å². The molecule has 3 aromatic carbocycles. The lowest BCUT2D eigenvalue weighted by molar-refractivity contribution is 0.174. The van der Waals surface area contributed by atoms with Gasteiger partial charge in [-0.1, -0.05) is 12.1 Å². The van der Waals surface area contributed by atoms with Gasteiger partial charge in [-0.2, -0.15) is 0 Å². The van der Waals surface area contributed by atoms with Crippen LogP contribution in [0, 0.1) is 0 Å². The van der Waals surface area contributed by atoms with E-state index in [1.807, 2.05) is 12.1 Å². The molecule has 2 aliphatic rings. The molecule has 1 atom stereocenters. The molecule has 0 amide bonds. The van der Waals surface area contributed by atoms with E-state index in [9.17, 15) is 5.11 Å². The number of rotatable bonds is 4. The van der Waals surface area contributed by atoms with E-state index >= 15 is 0 Å². The van der Waals surface area contributed by atoms with E-state index in [1.54, 1.807) is 14.2 Å². The number of benzene rings is 3. The largest absolute Gasteiger partial charge is 0.493 e. The highest BCUT2D eigenvalue weighted by Crippen LogP contribution is 2.54. The van der Waals surface area contributed by atoms with Crippen LogP contribution in [-0.2, 0) is 0 Å². The van der Waals surface area contributed by atoms with Crippen molar-refractivity contribution in [3.63, 3.8) is 0 Å². The number of aliphatic hydroxyl groups is 1. The number of hydrogen-bond donors (Lipinski definition) is 1. The molecule has 0 aromatic heterocycles. The lowest BCUT2D eigenvalue weighted by Gasteiger charge is -2.39. The molecule has 6 heteroatoms. The van der Waals surface area contributed by atoms with E-state index in [2.05, 4.69) is 36.2 Å². The van der Waals surface area contributed by atoms with Crippen molar-refractivity contribution in [3.05, 3.63) is 42.0 Å². The third-order valence-corrected chi connectivity index (χ3v) is 5.91. The van der Waals surface area contributed by atoms with E-state index in [-0.39, 0.29) is 19.4 Å². The molecule has 0 unspecified atom stereocenters. The van der Waals surface area contributed by atoms with Crippen LogP contribution in [0.3, 0.4) is 0 Å². The summed E-state index contributed by atoms with van der Waals surface area (Å²) in [7, 11) is 5.36. The first kappa shape index (κ1) is 17.9. The molecule has 150 valence electrons. The predicted molar refractivity (Wildman–Crippen MR) is 111 cm³/mol. The van der Waals surface area contributed by atoms with Crippen LogP contribution in [0.25, 0.3) is 21.9 Å². The summed E-state index contributed by atoms with van der Waals surface area (Å²) in [5.41, 5.74) is 4.35. The highest BCUT2D eigenvalue weighted by molar-refractivity contribution is 6.05. The Morgan fingerprint density at radius 1 is 1.03 bits per heavy atom. The Balaban J connectivity index is 1.83. The molecule has 2 heterocycles. The van der Waals surface area contributed by atoms with Crippen molar-refractivity contribution in [2.24, 2.45) is 0 Å². The number of fused-ring (bicyclic) bond motifs is 6. The van der Waals surface area contributed by atoms with Crippen molar-refractivity contribution in [2.45, 2.75) is 12.5 Å². The Hall–Kier alpha value is -3.12. The second kappa shape index (κ2) is 6.74. The quantitative estimate of drug-likeness (QED) is 0.719. The van der Waals surface area contributed by atoms with E-state index in [1.165, 1.54) is 0 Å². The number of hydrogen-bond acceptors (Lipinski definition) is 6. The van der Waals surface area contributed by atoms with Gasteiger partial charge >= 0.3 is 0 Å². The van der Waals surface area contributed by atoms with Crippen molar-refractivity contribution >= 4 is 16.5 Å². The van der Waals surface area contributed by atoms with Crippen LogP contribution in [0.5, 0.6) is 23.0 Å². The zero-order valence-electron chi connectivity index (χ0n) is 16.7. The first-order chi connectivity index (χ1) is 14.2. The van der Waals surface area contributed by atoms with Crippen LogP contribution in [0.15, 0.2) is 36.4 Å². The zero-order valence-corrected chi connectivity index (χ0v) is 16.7. The molecule has 3 aromatic rings. The molecule has 29 heavy (non-hydrogen) atoms. The third kappa shape index (κ3) is 2.52. The SMILES string of the molecule is COc1ccc2c(c1OC)[C@@H](CCO)N(C)c1c-2ccc2cc3c(cc12)OCO3. The molecule has 0 bridgehead atoms. The molecule has 0 fully saturated rings. The minimum absolute atomic E-state index is 0.0522. The third-order valence-electron chi connectivity index (χ3n) is 5.91. The lowest BCUT2D eigenvalue weighted by Crippen LogP contribution is -2.30. The van der Waals surface area contributed by atoms with Gasteiger partial charge in [0.05, 0.1) is 25.9 Å². The molecule has 0 spiro atoms. The summed E-state index contributed by atoms with van der Waals surface area (Å²) in [6, 6.07) is 12.3. The average molecular weight is 393 g/mol. The molecule has 0 aliphatic carbocycles. The van der Waals surface area contributed by atoms with Crippen molar-refractivity contribution in [3.8, 4) is 34.1 Å². The minimum atomic E-state index is -0.0522. The Morgan fingerprint density at radius 2 is 1.79 bits per heavy atom. The smallest absolute Gasteiger partial charge is 0.231 e. The highest BCUT2D eigenvalue weighted by atomic mass is 16.7. The normalized spacial score (nSPS) is 16.6. The summed E-state index contributed by atoms with van der Waals surface area (Å²) in [4.78, 5) is 2.22. The van der Waals surface area contributed by atoms with Gasteiger partial charge in [0.15, 0.2) is 23.0 Å². The molecule has 0 saturated heterocycles. The maximum atomic E-state index is 9.80. The fourth-order valence-electron chi connectivity index (χ4n) is 4.62. The molecule has 6 nitrogen and oxygen atoms in total. The number of methoxy groups -OCH3 is 2. The molecular weight excluding hydrogens is 370 g/mol. The van der Waals surface area contributed by atoms with Crippen LogP contribution in [-0.4, -0.2) is 39.8 Å². The predicted octanol–water partition coefficient (Wildman–Crippen LogP) is 4.13. The topological polar surface area (TPSA) is 60.4 Å². The summed E-state index contributed by atoms with van der Waals surface area (Å²) >= 11 is 0. The van der Waals surface area contributed by atoms with Gasteiger partial charge < -0.3 is 29.0 Å². The van der Waals surface area contributed by atoms with Crippen LogP contribution >= 0.6 is 0 Å². The monoisotopic (exact) mass is 393 g/mol. The molecule has 5 rings (SSSR count). The van der Waals surface area contributed by atoms with Gasteiger partial charge in [-0.25, -0.2) is 0 Å². The van der Waals surface area contributed by atoms with E-state index < -0.39 is 0 Å². The van der Waals surface area contributed by atoms with Crippen molar-refractivity contribution < 1.29 is 24.1 Å². The Labute approximate surface area is 169 Å². The molecule has 0 saturated carbocycles. The molecular formula is C23H23NO5. The Kier molecular flexibility index (Phi) is 4.17. The minimum Gasteiger partial charge on any atom is -0.493 e. The van der Waals surface area contributed by atoms with Gasteiger partial charge in [0.1, 0.15) is 0 Å².